The first kappa shape index (κ1) is 12.4. The third-order valence-corrected chi connectivity index (χ3v) is 3.37. The first-order valence-corrected chi connectivity index (χ1v) is 6.78. The third-order valence-electron chi connectivity index (χ3n) is 2.65. The van der Waals surface area contributed by atoms with Gasteiger partial charge in [-0.05, 0) is 46.7 Å². The molecule has 0 amide bonds. The van der Waals surface area contributed by atoms with E-state index < -0.39 is 0 Å². The molecule has 1 aromatic carbocycles. The average Bonchev–Trinajstić information content (AvgIpc) is 2.65. The second kappa shape index (κ2) is 5.53. The number of benzene rings is 1. The Morgan fingerprint density at radius 3 is 2.41 bits per heavy atom. The summed E-state index contributed by atoms with van der Waals surface area (Å²) < 4.78 is 4.71. The Morgan fingerprint density at radius 2 is 1.76 bits per heavy atom. The van der Waals surface area contributed by atoms with Crippen LogP contribution in [-0.2, 0) is 13.1 Å². The maximum absolute atomic E-state index is 12.0. The molecule has 90 valence electrons. The van der Waals surface area contributed by atoms with Crippen LogP contribution in [0.1, 0.15) is 18.9 Å². The Balaban J connectivity index is 2.19. The van der Waals surface area contributed by atoms with Crippen molar-refractivity contribution in [3.05, 3.63) is 56.3 Å². The molecule has 3 nitrogen and oxygen atoms in total. The van der Waals surface area contributed by atoms with Crippen LogP contribution in [0, 0.1) is 3.57 Å². The molecule has 0 aliphatic carbocycles. The van der Waals surface area contributed by atoms with Crippen molar-refractivity contribution in [2.45, 2.75) is 26.4 Å². The van der Waals surface area contributed by atoms with Gasteiger partial charge in [-0.2, -0.15) is 0 Å². The average molecular weight is 342 g/mol. The Kier molecular flexibility index (Phi) is 4.04. The Morgan fingerprint density at radius 1 is 1.12 bits per heavy atom. The number of aromatic nitrogens is 2. The highest BCUT2D eigenvalue weighted by atomic mass is 127. The lowest BCUT2D eigenvalue weighted by Gasteiger charge is -2.02. The number of nitrogens with zero attached hydrogens (tertiary/aromatic N) is 2. The molecule has 0 atom stereocenters. The summed E-state index contributed by atoms with van der Waals surface area (Å²) in [5.74, 6) is 0. The van der Waals surface area contributed by atoms with Crippen LogP contribution in [0.25, 0.3) is 0 Å². The summed E-state index contributed by atoms with van der Waals surface area (Å²) in [4.78, 5) is 12.0. The van der Waals surface area contributed by atoms with Crippen LogP contribution in [0.3, 0.4) is 0 Å². The summed E-state index contributed by atoms with van der Waals surface area (Å²) in [7, 11) is 0. The molecule has 0 fully saturated rings. The number of rotatable bonds is 4. The molecule has 17 heavy (non-hydrogen) atoms. The molecule has 0 aliphatic heterocycles. The SMILES string of the molecule is CCCn1ccn(Cc2ccc(I)cc2)c1=O. The minimum absolute atomic E-state index is 0.0744. The Labute approximate surface area is 114 Å². The van der Waals surface area contributed by atoms with E-state index in [0.717, 1.165) is 18.5 Å². The first-order chi connectivity index (χ1) is 8.20. The van der Waals surface area contributed by atoms with Crippen molar-refractivity contribution in [2.75, 3.05) is 0 Å². The fourth-order valence-corrected chi connectivity index (χ4v) is 2.13. The van der Waals surface area contributed by atoms with Gasteiger partial charge < -0.3 is 0 Å². The minimum atomic E-state index is 0.0744. The van der Waals surface area contributed by atoms with Gasteiger partial charge in [-0.3, -0.25) is 9.13 Å². The number of imidazole rings is 1. The van der Waals surface area contributed by atoms with Gasteiger partial charge in [0.25, 0.3) is 0 Å². The molecule has 0 aliphatic rings. The number of hydrogen-bond acceptors (Lipinski definition) is 1. The van der Waals surface area contributed by atoms with E-state index >= 15 is 0 Å². The van der Waals surface area contributed by atoms with Crippen molar-refractivity contribution >= 4 is 22.6 Å². The minimum Gasteiger partial charge on any atom is -0.299 e. The first-order valence-electron chi connectivity index (χ1n) is 5.70. The van der Waals surface area contributed by atoms with Gasteiger partial charge in [0.1, 0.15) is 0 Å². The molecule has 1 aromatic heterocycles. The largest absolute Gasteiger partial charge is 0.328 e. The third kappa shape index (κ3) is 3.00. The van der Waals surface area contributed by atoms with Gasteiger partial charge in [0.2, 0.25) is 0 Å². The molecule has 0 spiro atoms. The molecular formula is C13H15IN2O. The summed E-state index contributed by atoms with van der Waals surface area (Å²) in [6.45, 7) is 3.51. The summed E-state index contributed by atoms with van der Waals surface area (Å²) in [6.07, 6.45) is 4.70. The standard InChI is InChI=1S/C13H15IN2O/c1-2-7-15-8-9-16(13(15)17)10-11-3-5-12(14)6-4-11/h3-6,8-9H,2,7,10H2,1H3. The Bertz CT molecular complexity index is 539. The predicted octanol–water partition coefficient (Wildman–Crippen LogP) is 2.71. The lowest BCUT2D eigenvalue weighted by atomic mass is 10.2. The molecule has 0 bridgehead atoms. The van der Waals surface area contributed by atoms with E-state index in [4.69, 9.17) is 0 Å². The van der Waals surface area contributed by atoms with Gasteiger partial charge in [-0.15, -0.1) is 0 Å². The van der Waals surface area contributed by atoms with Gasteiger partial charge >= 0.3 is 5.69 Å². The van der Waals surface area contributed by atoms with Crippen LogP contribution in [0.5, 0.6) is 0 Å². The molecule has 1 heterocycles. The van der Waals surface area contributed by atoms with Gasteiger partial charge in [0.05, 0.1) is 6.54 Å². The fourth-order valence-electron chi connectivity index (χ4n) is 1.77. The van der Waals surface area contributed by atoms with Crippen molar-refractivity contribution in [1.82, 2.24) is 9.13 Å². The highest BCUT2D eigenvalue weighted by molar-refractivity contribution is 14.1. The van der Waals surface area contributed by atoms with Crippen molar-refractivity contribution in [3.63, 3.8) is 0 Å². The zero-order valence-corrected chi connectivity index (χ0v) is 11.9. The molecule has 4 heteroatoms. The van der Waals surface area contributed by atoms with Gasteiger partial charge in [-0.25, -0.2) is 4.79 Å². The Hall–Kier alpha value is -1.04. The van der Waals surface area contributed by atoms with Crippen LogP contribution in [-0.4, -0.2) is 9.13 Å². The molecular weight excluding hydrogens is 327 g/mol. The predicted molar refractivity (Wildman–Crippen MR) is 77.2 cm³/mol. The van der Waals surface area contributed by atoms with Crippen LogP contribution in [0.15, 0.2) is 41.5 Å². The molecule has 0 saturated heterocycles. The zero-order valence-electron chi connectivity index (χ0n) is 9.77. The van der Waals surface area contributed by atoms with Gasteiger partial charge in [-0.1, -0.05) is 19.1 Å². The van der Waals surface area contributed by atoms with E-state index in [0.29, 0.717) is 6.54 Å². The van der Waals surface area contributed by atoms with Crippen molar-refractivity contribution in [3.8, 4) is 0 Å². The highest BCUT2D eigenvalue weighted by Crippen LogP contribution is 2.07. The summed E-state index contributed by atoms with van der Waals surface area (Å²) in [5, 5.41) is 0. The molecule has 0 N–H and O–H groups in total. The van der Waals surface area contributed by atoms with E-state index in [2.05, 4.69) is 53.8 Å². The lowest BCUT2D eigenvalue weighted by Crippen LogP contribution is -2.24. The lowest BCUT2D eigenvalue weighted by molar-refractivity contribution is 0.624. The number of hydrogen-bond donors (Lipinski definition) is 0. The van der Waals surface area contributed by atoms with E-state index in [-0.39, 0.29) is 5.69 Å². The maximum atomic E-state index is 12.0. The highest BCUT2D eigenvalue weighted by Gasteiger charge is 2.02. The zero-order chi connectivity index (χ0) is 12.3. The van der Waals surface area contributed by atoms with Crippen LogP contribution in [0.2, 0.25) is 0 Å². The quantitative estimate of drug-likeness (QED) is 0.785. The fraction of sp³-hybridized carbons (Fsp3) is 0.308. The van der Waals surface area contributed by atoms with Crippen molar-refractivity contribution in [1.29, 1.82) is 0 Å². The number of halogens is 1. The summed E-state index contributed by atoms with van der Waals surface area (Å²) in [6, 6.07) is 8.24. The summed E-state index contributed by atoms with van der Waals surface area (Å²) >= 11 is 2.28. The van der Waals surface area contributed by atoms with Gasteiger partial charge in [0.15, 0.2) is 0 Å². The smallest absolute Gasteiger partial charge is 0.299 e. The second-order valence-corrected chi connectivity index (χ2v) is 5.27. The van der Waals surface area contributed by atoms with Crippen LogP contribution in [0.4, 0.5) is 0 Å². The van der Waals surface area contributed by atoms with Crippen molar-refractivity contribution < 1.29 is 0 Å². The van der Waals surface area contributed by atoms with Crippen molar-refractivity contribution in [2.24, 2.45) is 0 Å². The summed E-state index contributed by atoms with van der Waals surface area (Å²) in [5.41, 5.74) is 1.23. The second-order valence-electron chi connectivity index (χ2n) is 4.03. The van der Waals surface area contributed by atoms with Gasteiger partial charge in [0, 0.05) is 22.5 Å². The van der Waals surface area contributed by atoms with E-state index in [1.807, 2.05) is 12.4 Å². The van der Waals surface area contributed by atoms with E-state index in [1.54, 1.807) is 9.13 Å². The molecule has 2 rings (SSSR count). The van der Waals surface area contributed by atoms with E-state index in [9.17, 15) is 4.79 Å². The van der Waals surface area contributed by atoms with Crippen LogP contribution >= 0.6 is 22.6 Å². The maximum Gasteiger partial charge on any atom is 0.328 e. The molecule has 0 radical (unpaired) electrons. The van der Waals surface area contributed by atoms with Crippen LogP contribution < -0.4 is 5.69 Å². The normalized spacial score (nSPS) is 10.7. The number of aryl methyl sites for hydroxylation is 1. The van der Waals surface area contributed by atoms with E-state index in [1.165, 1.54) is 3.57 Å². The molecule has 0 unspecified atom stereocenters. The topological polar surface area (TPSA) is 26.9 Å². The monoisotopic (exact) mass is 342 g/mol. The molecule has 0 saturated carbocycles. The molecule has 2 aromatic rings.